The fraction of sp³-hybridized carbons (Fsp3) is 0.250. The number of aromatic carboxylic acids is 1. The van der Waals surface area contributed by atoms with Gasteiger partial charge in [-0.15, -0.1) is 12.1 Å². The zero-order valence-electron chi connectivity index (χ0n) is 18.8. The fourth-order valence-corrected chi connectivity index (χ4v) is 2.74. The van der Waals surface area contributed by atoms with Crippen molar-refractivity contribution >= 4 is 18.6 Å². The van der Waals surface area contributed by atoms with Gasteiger partial charge >= 0.3 is 5.97 Å². The van der Waals surface area contributed by atoms with Gasteiger partial charge in [0.2, 0.25) is 0 Å². The van der Waals surface area contributed by atoms with Gasteiger partial charge in [-0.1, -0.05) is 37.6 Å². The normalized spacial score (nSPS) is 9.79. The molecule has 2 heterocycles. The van der Waals surface area contributed by atoms with Crippen LogP contribution in [0.1, 0.15) is 55.1 Å². The molecular formula is C24H24F2N3O2PtS-. The first-order chi connectivity index (χ1) is 15.3. The van der Waals surface area contributed by atoms with Crippen LogP contribution >= 0.6 is 12.6 Å². The minimum atomic E-state index is -1.15. The van der Waals surface area contributed by atoms with E-state index >= 15 is 0 Å². The van der Waals surface area contributed by atoms with E-state index in [9.17, 15) is 13.6 Å². The molecule has 1 N–H and O–H groups in total. The van der Waals surface area contributed by atoms with Gasteiger partial charge in [0, 0.05) is 37.7 Å². The van der Waals surface area contributed by atoms with Gasteiger partial charge in [0.05, 0.1) is 23.4 Å². The minimum absolute atomic E-state index is 0. The molecule has 2 aromatic heterocycles. The summed E-state index contributed by atoms with van der Waals surface area (Å²) in [4.78, 5) is 19.8. The summed E-state index contributed by atoms with van der Waals surface area (Å²) in [5, 5.41) is 18.1. The number of nitrogens with zero attached hydrogens (tertiary/aromatic N) is 3. The molecule has 0 amide bonds. The monoisotopic (exact) mass is 651 g/mol. The molecule has 0 radical (unpaired) electrons. The van der Waals surface area contributed by atoms with E-state index in [1.165, 1.54) is 18.2 Å². The molecule has 9 heteroatoms. The molecule has 0 saturated heterocycles. The maximum Gasteiger partial charge on any atom is 0.354 e. The quantitative estimate of drug-likeness (QED) is 0.280. The first-order valence-corrected chi connectivity index (χ1v) is 10.6. The molecule has 0 aliphatic rings. The van der Waals surface area contributed by atoms with Gasteiger partial charge in [0.25, 0.3) is 0 Å². The summed E-state index contributed by atoms with van der Waals surface area (Å²) in [5.41, 5.74) is -0.573. The van der Waals surface area contributed by atoms with Crippen LogP contribution in [-0.2, 0) is 26.5 Å². The van der Waals surface area contributed by atoms with Gasteiger partial charge in [-0.25, -0.2) is 9.78 Å². The number of carboxylic acids is 1. The summed E-state index contributed by atoms with van der Waals surface area (Å²) in [5.74, 6) is -3.17. The average molecular weight is 652 g/mol. The second-order valence-electron chi connectivity index (χ2n) is 6.56. The second-order valence-corrected chi connectivity index (χ2v) is 6.56. The summed E-state index contributed by atoms with van der Waals surface area (Å²) in [6.45, 7) is 7.61. The Morgan fingerprint density at radius 2 is 1.64 bits per heavy atom. The van der Waals surface area contributed by atoms with Crippen molar-refractivity contribution < 1.29 is 39.7 Å². The Hall–Kier alpha value is -2.62. The molecule has 33 heavy (non-hydrogen) atoms. The van der Waals surface area contributed by atoms with Crippen molar-refractivity contribution in [2.24, 2.45) is 0 Å². The smallest absolute Gasteiger partial charge is 0.354 e. The van der Waals surface area contributed by atoms with E-state index in [0.717, 1.165) is 6.07 Å². The zero-order chi connectivity index (χ0) is 24.5. The molecule has 3 aromatic rings. The maximum atomic E-state index is 14.5. The summed E-state index contributed by atoms with van der Waals surface area (Å²) in [6, 6.07) is 14.4. The Morgan fingerprint density at radius 1 is 1.09 bits per heavy atom. The Balaban J connectivity index is 0.00000194. The topological polar surface area (TPSA) is 86.9 Å². The van der Waals surface area contributed by atoms with Gasteiger partial charge in [-0.2, -0.15) is 17.9 Å². The summed E-state index contributed by atoms with van der Waals surface area (Å²) in [6.07, 6.45) is 1.69. The number of hydrogen-bond acceptors (Lipinski definition) is 5. The standard InChI is InChI=1S/C21H14F2N3O2.C2H6.CH4S.Pt/c1-21(2,18-8-4-6-16(26-18)20(27)28)17-7-3-5-15(25-17)12-9-10-14(22)13(11-24)19(12)23;2*1-2;/h3-8,10H,1-2H3,(H,27,28);1-2H3;2H,1H3;/q-1;;;. The third-order valence-electron chi connectivity index (χ3n) is 4.39. The van der Waals surface area contributed by atoms with E-state index in [2.05, 4.69) is 28.7 Å². The first-order valence-electron chi connectivity index (χ1n) is 9.69. The number of carbonyl (C=O) groups is 1. The van der Waals surface area contributed by atoms with Crippen LogP contribution in [0.5, 0.6) is 0 Å². The summed E-state index contributed by atoms with van der Waals surface area (Å²) < 4.78 is 28.1. The van der Waals surface area contributed by atoms with Crippen molar-refractivity contribution in [1.29, 1.82) is 5.26 Å². The van der Waals surface area contributed by atoms with E-state index in [4.69, 9.17) is 10.4 Å². The van der Waals surface area contributed by atoms with Gasteiger partial charge in [-0.05, 0) is 44.0 Å². The van der Waals surface area contributed by atoms with Gasteiger partial charge in [0.1, 0.15) is 5.69 Å². The fourth-order valence-electron chi connectivity index (χ4n) is 2.74. The number of thiol groups is 1. The number of hydrogen-bond donors (Lipinski definition) is 2. The molecule has 0 spiro atoms. The SMILES string of the molecule is CC.CC(C)(c1cccc(C(=O)O)n1)c1cccc(-c2[c-]cc(F)c(C#N)c2F)n1.CS.[Pt]. The van der Waals surface area contributed by atoms with E-state index in [1.807, 2.05) is 13.8 Å². The third kappa shape index (κ3) is 6.93. The van der Waals surface area contributed by atoms with Crippen LogP contribution < -0.4 is 0 Å². The number of carboxylic acid groups (broad SMARTS) is 1. The van der Waals surface area contributed by atoms with Crippen LogP contribution in [0.2, 0.25) is 0 Å². The van der Waals surface area contributed by atoms with Crippen molar-refractivity contribution in [2.45, 2.75) is 33.1 Å². The molecule has 0 saturated carbocycles. The van der Waals surface area contributed by atoms with Crippen molar-refractivity contribution in [3.05, 3.63) is 82.8 Å². The van der Waals surface area contributed by atoms with E-state index in [0.29, 0.717) is 11.4 Å². The zero-order valence-corrected chi connectivity index (χ0v) is 21.9. The molecule has 0 bridgehead atoms. The number of nitriles is 1. The maximum absolute atomic E-state index is 14.5. The minimum Gasteiger partial charge on any atom is -0.477 e. The molecule has 178 valence electrons. The molecular weight excluding hydrogens is 627 g/mol. The summed E-state index contributed by atoms with van der Waals surface area (Å²) in [7, 11) is 0. The summed E-state index contributed by atoms with van der Waals surface area (Å²) >= 11 is 3.53. The molecule has 0 fully saturated rings. The number of aromatic nitrogens is 2. The van der Waals surface area contributed by atoms with Gasteiger partial charge < -0.3 is 10.1 Å². The van der Waals surface area contributed by atoms with Crippen LogP contribution in [0, 0.1) is 29.0 Å². The van der Waals surface area contributed by atoms with Gasteiger partial charge in [-0.3, -0.25) is 8.78 Å². The number of pyridine rings is 2. The van der Waals surface area contributed by atoms with E-state index in [1.54, 1.807) is 44.4 Å². The predicted molar refractivity (Wildman–Crippen MR) is 123 cm³/mol. The predicted octanol–water partition coefficient (Wildman–Crippen LogP) is 5.69. The number of benzene rings is 1. The molecule has 3 rings (SSSR count). The van der Waals surface area contributed by atoms with Crippen LogP contribution in [0.3, 0.4) is 0 Å². The molecule has 0 atom stereocenters. The van der Waals surface area contributed by atoms with Crippen molar-refractivity contribution in [3.8, 4) is 17.3 Å². The Morgan fingerprint density at radius 3 is 2.18 bits per heavy atom. The van der Waals surface area contributed by atoms with Gasteiger partial charge in [0.15, 0.2) is 0 Å². The Bertz CT molecular complexity index is 1130. The van der Waals surface area contributed by atoms with Crippen molar-refractivity contribution in [3.63, 3.8) is 0 Å². The van der Waals surface area contributed by atoms with Crippen molar-refractivity contribution in [2.75, 3.05) is 6.26 Å². The third-order valence-corrected chi connectivity index (χ3v) is 4.39. The molecule has 0 unspecified atom stereocenters. The second kappa shape index (κ2) is 13.8. The molecule has 0 aliphatic carbocycles. The van der Waals surface area contributed by atoms with Crippen LogP contribution in [-0.4, -0.2) is 27.3 Å². The van der Waals surface area contributed by atoms with E-state index in [-0.39, 0.29) is 38.0 Å². The Labute approximate surface area is 212 Å². The molecule has 5 nitrogen and oxygen atoms in total. The molecule has 0 aliphatic heterocycles. The van der Waals surface area contributed by atoms with Crippen LogP contribution in [0.15, 0.2) is 42.5 Å². The largest absolute Gasteiger partial charge is 0.477 e. The van der Waals surface area contributed by atoms with E-state index < -0.39 is 28.6 Å². The van der Waals surface area contributed by atoms with Crippen LogP contribution in [0.25, 0.3) is 11.3 Å². The number of halogens is 2. The Kier molecular flexibility index (Phi) is 12.7. The molecule has 1 aromatic carbocycles. The van der Waals surface area contributed by atoms with Crippen LogP contribution in [0.4, 0.5) is 8.78 Å². The van der Waals surface area contributed by atoms with Crippen molar-refractivity contribution in [1.82, 2.24) is 9.97 Å². The average Bonchev–Trinajstić information content (AvgIpc) is 2.82. The number of rotatable bonds is 4. The first kappa shape index (κ1) is 30.4.